The summed E-state index contributed by atoms with van der Waals surface area (Å²) in [7, 11) is 1.43. The molecule has 0 saturated heterocycles. The molecule has 0 spiro atoms. The van der Waals surface area contributed by atoms with Crippen LogP contribution in [0.1, 0.15) is 71.6 Å². The second-order valence-corrected chi connectivity index (χ2v) is 5.01. The number of hydrogen-bond donors (Lipinski definition) is 2. The van der Waals surface area contributed by atoms with Crippen LogP contribution >= 0.6 is 0 Å². The third-order valence-corrected chi connectivity index (χ3v) is 3.39. The van der Waals surface area contributed by atoms with Gasteiger partial charge in [-0.2, -0.15) is 0 Å². The van der Waals surface area contributed by atoms with E-state index in [0.717, 1.165) is 44.1 Å². The van der Waals surface area contributed by atoms with E-state index in [2.05, 4.69) is 4.74 Å². The van der Waals surface area contributed by atoms with Gasteiger partial charge >= 0.3 is 5.97 Å². The molecule has 0 heterocycles. The SMILES string of the molecule is CC.COC(=O)C1=CCCCC1.OC1(O)CCCCC1. The number of carbonyl (C=O) groups excluding carboxylic acids is 1. The van der Waals surface area contributed by atoms with Crippen molar-refractivity contribution in [3.05, 3.63) is 11.6 Å². The minimum Gasteiger partial charge on any atom is -0.466 e. The molecular formula is C16H30O4. The van der Waals surface area contributed by atoms with E-state index in [1.807, 2.05) is 19.9 Å². The summed E-state index contributed by atoms with van der Waals surface area (Å²) in [5.41, 5.74) is 0.855. The first-order valence-electron chi connectivity index (χ1n) is 7.77. The Kier molecular flexibility index (Phi) is 10.4. The largest absolute Gasteiger partial charge is 0.466 e. The Morgan fingerprint density at radius 1 is 1.10 bits per heavy atom. The molecule has 118 valence electrons. The van der Waals surface area contributed by atoms with Crippen LogP contribution in [0.15, 0.2) is 11.6 Å². The molecule has 2 aliphatic rings. The fraction of sp³-hybridized carbons (Fsp3) is 0.812. The van der Waals surface area contributed by atoms with Gasteiger partial charge in [0.2, 0.25) is 0 Å². The summed E-state index contributed by atoms with van der Waals surface area (Å²) in [5.74, 6) is -1.47. The fourth-order valence-electron chi connectivity index (χ4n) is 2.27. The second-order valence-electron chi connectivity index (χ2n) is 5.01. The van der Waals surface area contributed by atoms with Crippen LogP contribution in [-0.4, -0.2) is 29.1 Å². The summed E-state index contributed by atoms with van der Waals surface area (Å²) in [5, 5.41) is 17.9. The molecule has 0 aromatic heterocycles. The van der Waals surface area contributed by atoms with Gasteiger partial charge in [-0.3, -0.25) is 0 Å². The van der Waals surface area contributed by atoms with Crippen LogP contribution in [-0.2, 0) is 9.53 Å². The number of aliphatic hydroxyl groups is 2. The smallest absolute Gasteiger partial charge is 0.333 e. The zero-order valence-corrected chi connectivity index (χ0v) is 13.2. The lowest BCUT2D eigenvalue weighted by Gasteiger charge is -2.25. The molecule has 0 unspecified atom stereocenters. The third-order valence-electron chi connectivity index (χ3n) is 3.39. The molecule has 4 nitrogen and oxygen atoms in total. The number of hydrogen-bond acceptors (Lipinski definition) is 4. The molecule has 0 aromatic rings. The van der Waals surface area contributed by atoms with Crippen LogP contribution in [0.3, 0.4) is 0 Å². The van der Waals surface area contributed by atoms with E-state index in [0.29, 0.717) is 12.8 Å². The van der Waals surface area contributed by atoms with Gasteiger partial charge in [-0.05, 0) is 38.5 Å². The minimum atomic E-state index is -1.32. The van der Waals surface area contributed by atoms with Crippen molar-refractivity contribution in [2.45, 2.75) is 77.4 Å². The number of rotatable bonds is 1. The topological polar surface area (TPSA) is 66.8 Å². The van der Waals surface area contributed by atoms with Gasteiger partial charge in [0.15, 0.2) is 5.79 Å². The number of carbonyl (C=O) groups is 1. The maximum atomic E-state index is 10.9. The first-order chi connectivity index (χ1) is 9.55. The van der Waals surface area contributed by atoms with Gasteiger partial charge in [0.1, 0.15) is 0 Å². The molecule has 2 N–H and O–H groups in total. The van der Waals surface area contributed by atoms with Crippen LogP contribution in [0, 0.1) is 0 Å². The monoisotopic (exact) mass is 286 g/mol. The van der Waals surface area contributed by atoms with Gasteiger partial charge < -0.3 is 14.9 Å². The van der Waals surface area contributed by atoms with Crippen molar-refractivity contribution in [3.8, 4) is 0 Å². The van der Waals surface area contributed by atoms with E-state index in [1.54, 1.807) is 0 Å². The average Bonchev–Trinajstić information content (AvgIpc) is 2.50. The summed E-state index contributed by atoms with van der Waals surface area (Å²) >= 11 is 0. The molecule has 0 atom stereocenters. The van der Waals surface area contributed by atoms with Gasteiger partial charge in [-0.25, -0.2) is 4.79 Å². The van der Waals surface area contributed by atoms with Crippen LogP contribution in [0.25, 0.3) is 0 Å². The van der Waals surface area contributed by atoms with E-state index in [-0.39, 0.29) is 5.97 Å². The standard InChI is InChI=1S/C8H12O2.C6H12O2.C2H6/c1-10-8(9)7-5-3-2-4-6-7;7-6(8)4-2-1-3-5-6;1-2/h5H,2-4,6H2,1H3;7-8H,1-5H2;1-2H3. The quantitative estimate of drug-likeness (QED) is 0.573. The lowest BCUT2D eigenvalue weighted by atomic mass is 9.95. The van der Waals surface area contributed by atoms with Crippen molar-refractivity contribution < 1.29 is 19.7 Å². The molecule has 4 heteroatoms. The highest BCUT2D eigenvalue weighted by Gasteiger charge is 2.24. The molecule has 0 radical (unpaired) electrons. The lowest BCUT2D eigenvalue weighted by molar-refractivity contribution is -0.180. The van der Waals surface area contributed by atoms with Gasteiger partial charge in [0.05, 0.1) is 7.11 Å². The van der Waals surface area contributed by atoms with Crippen molar-refractivity contribution >= 4 is 5.97 Å². The Balaban J connectivity index is 0.000000327. The fourth-order valence-corrected chi connectivity index (χ4v) is 2.27. The van der Waals surface area contributed by atoms with E-state index in [9.17, 15) is 4.79 Å². The Morgan fingerprint density at radius 3 is 2.05 bits per heavy atom. The predicted molar refractivity (Wildman–Crippen MR) is 80.2 cm³/mol. The molecule has 0 aromatic carbocycles. The van der Waals surface area contributed by atoms with Crippen LogP contribution in [0.2, 0.25) is 0 Å². The van der Waals surface area contributed by atoms with Crippen molar-refractivity contribution in [1.82, 2.24) is 0 Å². The van der Waals surface area contributed by atoms with Crippen LogP contribution in [0.4, 0.5) is 0 Å². The van der Waals surface area contributed by atoms with E-state index < -0.39 is 5.79 Å². The lowest BCUT2D eigenvalue weighted by Crippen LogP contribution is -2.30. The van der Waals surface area contributed by atoms with E-state index >= 15 is 0 Å². The number of esters is 1. The first kappa shape index (κ1) is 19.1. The van der Waals surface area contributed by atoms with E-state index in [1.165, 1.54) is 13.5 Å². The Morgan fingerprint density at radius 2 is 1.70 bits per heavy atom. The van der Waals surface area contributed by atoms with Crippen molar-refractivity contribution in [3.63, 3.8) is 0 Å². The van der Waals surface area contributed by atoms with Gasteiger partial charge in [0, 0.05) is 18.4 Å². The second kappa shape index (κ2) is 10.9. The van der Waals surface area contributed by atoms with Crippen molar-refractivity contribution in [2.75, 3.05) is 7.11 Å². The Bertz CT molecular complexity index is 287. The van der Waals surface area contributed by atoms with Crippen LogP contribution in [0.5, 0.6) is 0 Å². The molecule has 0 amide bonds. The predicted octanol–water partition coefficient (Wildman–Crippen LogP) is 3.32. The molecule has 0 aliphatic heterocycles. The molecule has 20 heavy (non-hydrogen) atoms. The van der Waals surface area contributed by atoms with Gasteiger partial charge in [-0.15, -0.1) is 0 Å². The minimum absolute atomic E-state index is 0.153. The molecule has 0 bridgehead atoms. The molecule has 2 aliphatic carbocycles. The number of ether oxygens (including phenoxy) is 1. The Hall–Kier alpha value is -0.870. The zero-order chi connectivity index (χ0) is 15.4. The summed E-state index contributed by atoms with van der Waals surface area (Å²) in [6.07, 6.45) is 10.5. The summed E-state index contributed by atoms with van der Waals surface area (Å²) in [6.45, 7) is 4.00. The molecule has 1 fully saturated rings. The summed E-state index contributed by atoms with van der Waals surface area (Å²) in [6, 6.07) is 0. The van der Waals surface area contributed by atoms with Gasteiger partial charge in [-0.1, -0.05) is 26.3 Å². The molecule has 1 saturated carbocycles. The van der Waals surface area contributed by atoms with E-state index in [4.69, 9.17) is 10.2 Å². The highest BCUT2D eigenvalue weighted by molar-refractivity contribution is 5.88. The van der Waals surface area contributed by atoms with Crippen LogP contribution < -0.4 is 0 Å². The number of allylic oxidation sites excluding steroid dienone is 1. The summed E-state index contributed by atoms with van der Waals surface area (Å²) in [4.78, 5) is 10.9. The molecular weight excluding hydrogens is 256 g/mol. The van der Waals surface area contributed by atoms with Gasteiger partial charge in [0.25, 0.3) is 0 Å². The average molecular weight is 286 g/mol. The number of methoxy groups -OCH3 is 1. The first-order valence-corrected chi connectivity index (χ1v) is 7.77. The highest BCUT2D eigenvalue weighted by Crippen LogP contribution is 2.24. The highest BCUT2D eigenvalue weighted by atomic mass is 16.5. The summed E-state index contributed by atoms with van der Waals surface area (Å²) < 4.78 is 4.58. The molecule has 2 rings (SSSR count). The van der Waals surface area contributed by atoms with Crippen molar-refractivity contribution in [1.29, 1.82) is 0 Å². The maximum Gasteiger partial charge on any atom is 0.333 e. The third kappa shape index (κ3) is 8.33. The zero-order valence-electron chi connectivity index (χ0n) is 13.2. The maximum absolute atomic E-state index is 10.9. The normalized spacial score (nSPS) is 20.4. The van der Waals surface area contributed by atoms with Crippen molar-refractivity contribution in [2.24, 2.45) is 0 Å². The Labute approximate surface area is 122 Å².